The third kappa shape index (κ3) is 2.24. The second kappa shape index (κ2) is 4.56. The zero-order valence-electron chi connectivity index (χ0n) is 9.80. The molecule has 0 aliphatic heterocycles. The number of hydrogen-bond donors (Lipinski definition) is 2. The Bertz CT molecular complexity index is 417. The predicted molar refractivity (Wildman–Crippen MR) is 63.4 cm³/mol. The van der Waals surface area contributed by atoms with Gasteiger partial charge in [0, 0.05) is 18.2 Å². The first-order valence-corrected chi connectivity index (χ1v) is 5.69. The third-order valence-electron chi connectivity index (χ3n) is 3.32. The molecule has 1 aromatic rings. The van der Waals surface area contributed by atoms with E-state index in [0.717, 1.165) is 19.1 Å². The second-order valence-corrected chi connectivity index (χ2v) is 4.52. The van der Waals surface area contributed by atoms with Gasteiger partial charge < -0.3 is 9.84 Å². The minimum atomic E-state index is -1.24. The molecule has 92 valence electrons. The second-order valence-electron chi connectivity index (χ2n) is 4.52. The van der Waals surface area contributed by atoms with Crippen LogP contribution in [0.4, 0.5) is 0 Å². The van der Waals surface area contributed by atoms with Gasteiger partial charge in [-0.2, -0.15) is 0 Å². The highest BCUT2D eigenvalue weighted by atomic mass is 16.5. The summed E-state index contributed by atoms with van der Waals surface area (Å²) in [6, 6.07) is 6.85. The molecule has 2 atom stereocenters. The largest absolute Gasteiger partial charge is 0.388 e. The number of ether oxygens (including phenoxy) is 1. The van der Waals surface area contributed by atoms with Gasteiger partial charge in [-0.05, 0) is 24.8 Å². The molecule has 0 aromatic heterocycles. The van der Waals surface area contributed by atoms with E-state index < -0.39 is 11.8 Å². The maximum Gasteiger partial charge on any atom is 0.168 e. The van der Waals surface area contributed by atoms with Crippen LogP contribution < -0.4 is 5.73 Å². The smallest absolute Gasteiger partial charge is 0.168 e. The number of carbonyl (C=O) groups excluding carboxylic acids is 1. The average Bonchev–Trinajstić information content (AvgIpc) is 3.21. The van der Waals surface area contributed by atoms with E-state index in [4.69, 9.17) is 10.5 Å². The van der Waals surface area contributed by atoms with Gasteiger partial charge in [0.05, 0.1) is 0 Å². The fourth-order valence-electron chi connectivity index (χ4n) is 2.03. The van der Waals surface area contributed by atoms with Crippen LogP contribution in [-0.4, -0.2) is 24.6 Å². The molecular formula is C13H17NO3. The monoisotopic (exact) mass is 235 g/mol. The number of carbonyl (C=O) groups is 1. The van der Waals surface area contributed by atoms with Crippen LogP contribution in [0.5, 0.6) is 0 Å². The molecule has 1 aliphatic rings. The summed E-state index contributed by atoms with van der Waals surface area (Å²) in [6.07, 6.45) is 1.95. The highest BCUT2D eigenvalue weighted by Gasteiger charge is 2.45. The molecule has 1 aromatic carbocycles. The van der Waals surface area contributed by atoms with Crippen molar-refractivity contribution >= 4 is 6.29 Å². The van der Waals surface area contributed by atoms with Crippen LogP contribution >= 0.6 is 0 Å². The van der Waals surface area contributed by atoms with Crippen molar-refractivity contribution in [3.63, 3.8) is 0 Å². The summed E-state index contributed by atoms with van der Waals surface area (Å²) in [7, 11) is 1.47. The maximum atomic E-state index is 10.7. The van der Waals surface area contributed by atoms with E-state index in [-0.39, 0.29) is 5.92 Å². The summed E-state index contributed by atoms with van der Waals surface area (Å²) in [5, 5.41) is 10.2. The average molecular weight is 235 g/mol. The highest BCUT2D eigenvalue weighted by Crippen LogP contribution is 2.40. The first-order chi connectivity index (χ1) is 8.11. The Hall–Kier alpha value is -1.23. The van der Waals surface area contributed by atoms with Gasteiger partial charge in [0.15, 0.2) is 5.72 Å². The number of rotatable bonds is 5. The molecule has 3 N–H and O–H groups in total. The minimum absolute atomic E-state index is 0.194. The minimum Gasteiger partial charge on any atom is -0.388 e. The van der Waals surface area contributed by atoms with Crippen molar-refractivity contribution in [2.24, 2.45) is 11.7 Å². The van der Waals surface area contributed by atoms with E-state index >= 15 is 0 Å². The first-order valence-electron chi connectivity index (χ1n) is 5.69. The molecule has 17 heavy (non-hydrogen) atoms. The van der Waals surface area contributed by atoms with Gasteiger partial charge in [-0.3, -0.25) is 10.5 Å². The third-order valence-corrected chi connectivity index (χ3v) is 3.32. The number of hydrogen-bond acceptors (Lipinski definition) is 4. The number of aliphatic hydroxyl groups excluding tert-OH is 1. The molecule has 0 radical (unpaired) electrons. The van der Waals surface area contributed by atoms with Gasteiger partial charge in [0.1, 0.15) is 12.4 Å². The van der Waals surface area contributed by atoms with Crippen molar-refractivity contribution in [3.05, 3.63) is 35.4 Å². The van der Waals surface area contributed by atoms with E-state index in [1.54, 1.807) is 24.3 Å². The molecule has 0 unspecified atom stereocenters. The lowest BCUT2D eigenvalue weighted by Crippen LogP contribution is -2.50. The van der Waals surface area contributed by atoms with Crippen molar-refractivity contribution in [1.29, 1.82) is 0 Å². The summed E-state index contributed by atoms with van der Waals surface area (Å²) in [5.41, 5.74) is 6.06. The normalized spacial score (nSPS) is 20.6. The predicted octanol–water partition coefficient (Wildman–Crippen LogP) is 1.03. The van der Waals surface area contributed by atoms with Gasteiger partial charge in [0.2, 0.25) is 0 Å². The first kappa shape index (κ1) is 12.2. The van der Waals surface area contributed by atoms with Crippen LogP contribution in [0.25, 0.3) is 0 Å². The van der Waals surface area contributed by atoms with E-state index in [1.807, 2.05) is 0 Å². The Morgan fingerprint density at radius 3 is 2.82 bits per heavy atom. The van der Waals surface area contributed by atoms with Gasteiger partial charge in [-0.15, -0.1) is 0 Å². The molecule has 0 amide bonds. The SMILES string of the molecule is CO[C@@](N)(c1cccc(C=O)c1)[C@@H](O)C1CC1. The molecule has 1 aliphatic carbocycles. The van der Waals surface area contributed by atoms with Gasteiger partial charge in [-0.25, -0.2) is 0 Å². The molecule has 1 saturated carbocycles. The lowest BCUT2D eigenvalue weighted by Gasteiger charge is -2.33. The molecule has 0 spiro atoms. The Morgan fingerprint density at radius 1 is 1.59 bits per heavy atom. The topological polar surface area (TPSA) is 72.5 Å². The van der Waals surface area contributed by atoms with Gasteiger partial charge >= 0.3 is 0 Å². The van der Waals surface area contributed by atoms with Crippen LogP contribution in [0, 0.1) is 5.92 Å². The fourth-order valence-corrected chi connectivity index (χ4v) is 2.03. The number of nitrogens with two attached hydrogens (primary N) is 1. The van der Waals surface area contributed by atoms with E-state index in [0.29, 0.717) is 11.1 Å². The molecule has 0 saturated heterocycles. The Morgan fingerprint density at radius 2 is 2.29 bits per heavy atom. The number of benzene rings is 1. The summed E-state index contributed by atoms with van der Waals surface area (Å²) in [5.74, 6) is 0.194. The summed E-state index contributed by atoms with van der Waals surface area (Å²) in [4.78, 5) is 10.7. The zero-order chi connectivity index (χ0) is 12.5. The van der Waals surface area contributed by atoms with Crippen LogP contribution in [-0.2, 0) is 10.5 Å². The number of aliphatic hydroxyl groups is 1. The molecule has 2 rings (SSSR count). The van der Waals surface area contributed by atoms with E-state index in [1.165, 1.54) is 7.11 Å². The van der Waals surface area contributed by atoms with Crippen LogP contribution in [0.15, 0.2) is 24.3 Å². The molecule has 0 heterocycles. The van der Waals surface area contributed by atoms with Crippen LogP contribution in [0.3, 0.4) is 0 Å². The fraction of sp³-hybridized carbons (Fsp3) is 0.462. The molecular weight excluding hydrogens is 218 g/mol. The summed E-state index contributed by atoms with van der Waals surface area (Å²) >= 11 is 0. The van der Waals surface area contributed by atoms with Crippen molar-refractivity contribution in [2.75, 3.05) is 7.11 Å². The van der Waals surface area contributed by atoms with Crippen molar-refractivity contribution < 1.29 is 14.6 Å². The standard InChI is InChI=1S/C13H17NO3/c1-17-13(14,12(16)10-5-6-10)11-4-2-3-9(7-11)8-15/h2-4,7-8,10,12,16H,5-6,14H2,1H3/t12-,13-/m0/s1. The lowest BCUT2D eigenvalue weighted by molar-refractivity contribution is -0.113. The Kier molecular flexibility index (Phi) is 3.28. The van der Waals surface area contributed by atoms with Gasteiger partial charge in [0.25, 0.3) is 0 Å². The molecule has 4 heteroatoms. The maximum absolute atomic E-state index is 10.7. The van der Waals surface area contributed by atoms with Crippen molar-refractivity contribution in [1.82, 2.24) is 0 Å². The number of aldehydes is 1. The molecule has 4 nitrogen and oxygen atoms in total. The van der Waals surface area contributed by atoms with Crippen molar-refractivity contribution in [2.45, 2.75) is 24.7 Å². The van der Waals surface area contributed by atoms with E-state index in [9.17, 15) is 9.90 Å². The zero-order valence-corrected chi connectivity index (χ0v) is 9.80. The highest BCUT2D eigenvalue weighted by molar-refractivity contribution is 5.75. The molecule has 0 bridgehead atoms. The van der Waals surface area contributed by atoms with Crippen LogP contribution in [0.1, 0.15) is 28.8 Å². The summed E-state index contributed by atoms with van der Waals surface area (Å²) in [6.45, 7) is 0. The van der Waals surface area contributed by atoms with Gasteiger partial charge in [-0.1, -0.05) is 18.2 Å². The van der Waals surface area contributed by atoms with Crippen LogP contribution in [0.2, 0.25) is 0 Å². The number of methoxy groups -OCH3 is 1. The lowest BCUT2D eigenvalue weighted by atomic mass is 9.93. The Labute approximate surface area is 100 Å². The summed E-state index contributed by atoms with van der Waals surface area (Å²) < 4.78 is 5.30. The van der Waals surface area contributed by atoms with Crippen molar-refractivity contribution in [3.8, 4) is 0 Å². The Balaban J connectivity index is 2.34. The quantitative estimate of drug-likeness (QED) is 0.590. The van der Waals surface area contributed by atoms with E-state index in [2.05, 4.69) is 0 Å². The molecule has 1 fully saturated rings.